The molecular weight excluding hydrogens is 172 g/mol. The third kappa shape index (κ3) is 2.51. The van der Waals surface area contributed by atoms with E-state index in [4.69, 9.17) is 9.47 Å². The quantitative estimate of drug-likeness (QED) is 0.662. The van der Waals surface area contributed by atoms with Gasteiger partial charge in [-0.3, -0.25) is 0 Å². The summed E-state index contributed by atoms with van der Waals surface area (Å²) in [5, 5.41) is 0. The van der Waals surface area contributed by atoms with Crippen LogP contribution in [0.3, 0.4) is 0 Å². The maximum atomic E-state index is 5.00. The predicted molar refractivity (Wildman–Crippen MR) is 50.4 cm³/mol. The normalized spacial score (nSPS) is 9.08. The summed E-state index contributed by atoms with van der Waals surface area (Å²) in [6, 6.07) is 7.60. The van der Waals surface area contributed by atoms with Crippen LogP contribution in [-0.4, -0.2) is 12.7 Å². The van der Waals surface area contributed by atoms with E-state index in [0.29, 0.717) is 6.61 Å². The fourth-order valence-corrected chi connectivity index (χ4v) is 0.893. The van der Waals surface area contributed by atoms with Crippen molar-refractivity contribution in [3.8, 4) is 5.75 Å². The molecule has 63 valence electrons. The summed E-state index contributed by atoms with van der Waals surface area (Å²) in [5.74, 6) is 0.838. The molecular formula is C9H9O2S. The summed E-state index contributed by atoms with van der Waals surface area (Å²) >= 11 is 4.40. The first-order chi connectivity index (χ1) is 5.86. The molecule has 0 fully saturated rings. The third-order valence-electron chi connectivity index (χ3n) is 1.46. The van der Waals surface area contributed by atoms with Crippen molar-refractivity contribution in [1.29, 1.82) is 0 Å². The molecule has 1 rings (SSSR count). The highest BCUT2D eigenvalue weighted by Gasteiger charge is 1.92. The molecule has 0 aromatic heterocycles. The zero-order valence-electron chi connectivity index (χ0n) is 6.74. The van der Waals surface area contributed by atoms with Gasteiger partial charge in [0, 0.05) is 0 Å². The molecule has 1 aromatic carbocycles. The van der Waals surface area contributed by atoms with Crippen LogP contribution in [0.15, 0.2) is 24.3 Å². The molecule has 12 heavy (non-hydrogen) atoms. The smallest absolute Gasteiger partial charge is 0.239 e. The molecule has 0 atom stereocenters. The Bertz CT molecular complexity index is 243. The van der Waals surface area contributed by atoms with Crippen LogP contribution in [0.2, 0.25) is 0 Å². The molecule has 0 saturated heterocycles. The Labute approximate surface area is 77.1 Å². The molecule has 0 aliphatic carbocycles. The molecule has 0 heterocycles. The summed E-state index contributed by atoms with van der Waals surface area (Å²) < 4.78 is 9.81. The second kappa shape index (κ2) is 4.72. The number of methoxy groups -OCH3 is 1. The van der Waals surface area contributed by atoms with Crippen molar-refractivity contribution in [3.05, 3.63) is 29.8 Å². The fourth-order valence-electron chi connectivity index (χ4n) is 0.835. The minimum atomic E-state index is 0.466. The van der Waals surface area contributed by atoms with Crippen molar-refractivity contribution in [3.63, 3.8) is 0 Å². The number of hydrogen-bond donors (Lipinski definition) is 0. The molecule has 0 aliphatic rings. The Morgan fingerprint density at radius 2 is 2.00 bits per heavy atom. The Morgan fingerprint density at radius 1 is 1.33 bits per heavy atom. The number of benzene rings is 1. The lowest BCUT2D eigenvalue weighted by Crippen LogP contribution is -1.89. The highest BCUT2D eigenvalue weighted by atomic mass is 32.1. The molecule has 0 amide bonds. The Kier molecular flexibility index (Phi) is 3.54. The third-order valence-corrected chi connectivity index (χ3v) is 1.57. The van der Waals surface area contributed by atoms with Crippen LogP contribution >= 0.6 is 12.2 Å². The van der Waals surface area contributed by atoms with E-state index in [1.807, 2.05) is 24.3 Å². The first-order valence-corrected chi connectivity index (χ1v) is 3.89. The lowest BCUT2D eigenvalue weighted by Gasteiger charge is -2.01. The van der Waals surface area contributed by atoms with E-state index in [9.17, 15) is 0 Å². The zero-order chi connectivity index (χ0) is 8.81. The summed E-state index contributed by atoms with van der Waals surface area (Å²) in [7, 11) is 1.64. The number of rotatable bonds is 4. The van der Waals surface area contributed by atoms with Gasteiger partial charge in [0.25, 0.3) is 0 Å². The van der Waals surface area contributed by atoms with Gasteiger partial charge in [0.1, 0.15) is 12.4 Å². The zero-order valence-corrected chi connectivity index (χ0v) is 7.56. The Hall–Kier alpha value is -1.09. The molecule has 3 heteroatoms. The van der Waals surface area contributed by atoms with Gasteiger partial charge in [0.05, 0.1) is 7.11 Å². The van der Waals surface area contributed by atoms with Gasteiger partial charge >= 0.3 is 0 Å². The van der Waals surface area contributed by atoms with E-state index in [1.54, 1.807) is 7.11 Å². The maximum absolute atomic E-state index is 5.00. The maximum Gasteiger partial charge on any atom is 0.239 e. The summed E-state index contributed by atoms with van der Waals surface area (Å²) in [6.07, 6.45) is 0. The van der Waals surface area contributed by atoms with E-state index >= 15 is 0 Å². The van der Waals surface area contributed by atoms with Crippen molar-refractivity contribution < 1.29 is 9.47 Å². The molecule has 0 N–H and O–H groups in total. The van der Waals surface area contributed by atoms with E-state index < -0.39 is 0 Å². The van der Waals surface area contributed by atoms with Crippen LogP contribution in [0, 0.1) is 0 Å². The topological polar surface area (TPSA) is 18.5 Å². The van der Waals surface area contributed by atoms with E-state index in [1.165, 1.54) is 0 Å². The van der Waals surface area contributed by atoms with Crippen LogP contribution in [0.4, 0.5) is 0 Å². The van der Waals surface area contributed by atoms with Gasteiger partial charge in [0.2, 0.25) is 5.55 Å². The summed E-state index contributed by atoms with van der Waals surface area (Å²) in [4.78, 5) is 0. The SMILES string of the molecule is COc1ccc(CO[C]=S)cc1. The molecule has 0 aliphatic heterocycles. The van der Waals surface area contributed by atoms with Gasteiger partial charge in [-0.2, -0.15) is 0 Å². The van der Waals surface area contributed by atoms with Gasteiger partial charge in [-0.25, -0.2) is 0 Å². The Balaban J connectivity index is 2.58. The van der Waals surface area contributed by atoms with Crippen LogP contribution in [-0.2, 0) is 11.3 Å². The summed E-state index contributed by atoms with van der Waals surface area (Å²) in [5.41, 5.74) is 3.25. The van der Waals surface area contributed by atoms with Crippen molar-refractivity contribution in [2.45, 2.75) is 6.61 Å². The molecule has 2 nitrogen and oxygen atoms in total. The largest absolute Gasteiger partial charge is 0.497 e. The highest BCUT2D eigenvalue weighted by molar-refractivity contribution is 7.78. The first-order valence-electron chi connectivity index (χ1n) is 3.48. The molecule has 0 spiro atoms. The second-order valence-corrected chi connectivity index (χ2v) is 2.39. The summed E-state index contributed by atoms with van der Waals surface area (Å²) in [6.45, 7) is 0.466. The van der Waals surface area contributed by atoms with Gasteiger partial charge in [-0.05, 0) is 29.9 Å². The van der Waals surface area contributed by atoms with Gasteiger partial charge < -0.3 is 9.47 Å². The number of hydrogen-bond acceptors (Lipinski definition) is 3. The van der Waals surface area contributed by atoms with Crippen LogP contribution < -0.4 is 4.74 Å². The highest BCUT2D eigenvalue weighted by Crippen LogP contribution is 2.11. The van der Waals surface area contributed by atoms with Crippen molar-refractivity contribution in [1.82, 2.24) is 0 Å². The van der Waals surface area contributed by atoms with Gasteiger partial charge in [-0.15, -0.1) is 0 Å². The second-order valence-electron chi connectivity index (χ2n) is 2.22. The van der Waals surface area contributed by atoms with Crippen molar-refractivity contribution >= 4 is 17.8 Å². The molecule has 0 saturated carbocycles. The molecule has 0 unspecified atom stereocenters. The fraction of sp³-hybridized carbons (Fsp3) is 0.222. The molecule has 1 aromatic rings. The van der Waals surface area contributed by atoms with Crippen molar-refractivity contribution in [2.24, 2.45) is 0 Å². The van der Waals surface area contributed by atoms with Crippen LogP contribution in [0.5, 0.6) is 5.75 Å². The van der Waals surface area contributed by atoms with Crippen molar-refractivity contribution in [2.75, 3.05) is 7.11 Å². The average Bonchev–Trinajstić information content (AvgIpc) is 2.15. The van der Waals surface area contributed by atoms with E-state index in [2.05, 4.69) is 17.8 Å². The van der Waals surface area contributed by atoms with E-state index in [0.717, 1.165) is 11.3 Å². The Morgan fingerprint density at radius 3 is 2.50 bits per heavy atom. The number of ether oxygens (including phenoxy) is 2. The van der Waals surface area contributed by atoms with Crippen LogP contribution in [0.1, 0.15) is 5.56 Å². The lowest BCUT2D eigenvalue weighted by atomic mass is 10.2. The number of thiocarbonyl (C=S) groups is 1. The van der Waals surface area contributed by atoms with Crippen LogP contribution in [0.25, 0.3) is 0 Å². The monoisotopic (exact) mass is 181 g/mol. The van der Waals surface area contributed by atoms with Gasteiger partial charge in [0.15, 0.2) is 0 Å². The van der Waals surface area contributed by atoms with Gasteiger partial charge in [-0.1, -0.05) is 12.1 Å². The minimum absolute atomic E-state index is 0.466. The lowest BCUT2D eigenvalue weighted by molar-refractivity contribution is 0.315. The molecule has 0 bridgehead atoms. The van der Waals surface area contributed by atoms with E-state index in [-0.39, 0.29) is 0 Å². The standard InChI is InChI=1S/C9H9O2S/c1-10-9-4-2-8(3-5-9)6-11-7-12/h2-5H,6H2,1H3. The molecule has 1 radical (unpaired) electrons. The predicted octanol–water partition coefficient (Wildman–Crippen LogP) is 2.05. The first kappa shape index (κ1) is 9.00. The average molecular weight is 181 g/mol. The minimum Gasteiger partial charge on any atom is -0.497 e.